The van der Waals surface area contributed by atoms with Crippen LogP contribution in [0.1, 0.15) is 0 Å². The molecule has 0 N–H and O–H groups in total. The van der Waals surface area contributed by atoms with Crippen molar-refractivity contribution in [2.45, 2.75) is 0 Å². The third-order valence-electron chi connectivity index (χ3n) is 0. The van der Waals surface area contributed by atoms with Crippen LogP contribution in [0.4, 0.5) is 0 Å². The minimum Gasteiger partial charge on any atom is -0.773 e. The second-order valence-electron chi connectivity index (χ2n) is 0.401. The quantitative estimate of drug-likeness (QED) is 0.307. The molecule has 0 aromatic carbocycles. The van der Waals surface area contributed by atoms with E-state index in [2.05, 4.69) is 0 Å². The smallest absolute Gasteiger partial charge is 0 e. The van der Waals surface area contributed by atoms with E-state index < -0.39 is 11.1 Å². The van der Waals surface area contributed by atoms with Gasteiger partial charge in [0.1, 0.15) is 0 Å². The molecule has 1 atom stereocenters. The molecule has 0 aliphatic carbocycles. The Labute approximate surface area is 149 Å². The van der Waals surface area contributed by atoms with Crippen LogP contribution in [0.15, 0.2) is 0 Å². The van der Waals surface area contributed by atoms with Gasteiger partial charge >= 0.3 is 0 Å². The van der Waals surface area contributed by atoms with Gasteiger partial charge in [-0.25, -0.2) is 0 Å². The van der Waals surface area contributed by atoms with Gasteiger partial charge in [-0.05, 0) is 6.26 Å². The first kappa shape index (κ1) is 47.6. The molecule has 0 heterocycles. The first-order valence-electron chi connectivity index (χ1n) is 0.742. The fraction of sp³-hybridized carbons (Fsp3) is 1.00. The van der Waals surface area contributed by atoms with Gasteiger partial charge in [0.2, 0.25) is 0 Å². The van der Waals surface area contributed by atoms with Crippen molar-refractivity contribution in [2.75, 3.05) is 6.26 Å². The number of rotatable bonds is 0. The second-order valence-corrected chi connectivity index (χ2v) is 1.20. The van der Waals surface area contributed by atoms with Gasteiger partial charge in [-0.2, -0.15) is 0 Å². The largest absolute Gasteiger partial charge is 0.773 e. The predicted octanol–water partition coefficient (Wildman–Crippen LogP) is -0.520. The zero-order valence-corrected chi connectivity index (χ0v) is 23.1. The van der Waals surface area contributed by atoms with E-state index in [0.29, 0.717) is 0 Å². The van der Waals surface area contributed by atoms with Gasteiger partial charge < -0.3 is 4.55 Å². The molecule has 0 bridgehead atoms. The Bertz CT molecular complexity index is 38.7. The molecule has 0 saturated carbocycles. The molecule has 2 nitrogen and oxygen atoms in total. The van der Waals surface area contributed by atoms with E-state index in [0.717, 1.165) is 6.26 Å². The summed E-state index contributed by atoms with van der Waals surface area (Å²) < 4.78 is 18.0. The Kier molecular flexibility index (Phi) is 180. The molecule has 62 valence electrons. The van der Waals surface area contributed by atoms with E-state index in [1.807, 2.05) is 0 Å². The van der Waals surface area contributed by atoms with Crippen molar-refractivity contribution in [1.29, 1.82) is 0 Å². The maximum Gasteiger partial charge on any atom is 0 e. The Hall–Kier alpha value is 4.24. The van der Waals surface area contributed by atoms with Crippen molar-refractivity contribution in [3.63, 3.8) is 0 Å². The summed E-state index contributed by atoms with van der Waals surface area (Å²) in [6.07, 6.45) is 1.08. The maximum atomic E-state index is 9.00. The zero-order chi connectivity index (χ0) is 3.58. The van der Waals surface area contributed by atoms with E-state index in [9.17, 15) is 0 Å². The Morgan fingerprint density at radius 2 is 0.900 bits per heavy atom. The van der Waals surface area contributed by atoms with Crippen LogP contribution >= 0.6 is 0 Å². The zero-order valence-electron chi connectivity index (χ0n) is 4.67. The molecule has 0 amide bonds. The summed E-state index contributed by atoms with van der Waals surface area (Å²) in [5.74, 6) is 0. The summed E-state index contributed by atoms with van der Waals surface area (Å²) in [6, 6.07) is 0. The number of hydrogen-bond acceptors (Lipinski definition) is 2. The summed E-state index contributed by atoms with van der Waals surface area (Å²) in [5, 5.41) is 0. The molecule has 9 heteroatoms. The molecule has 0 aromatic rings. The summed E-state index contributed by atoms with van der Waals surface area (Å²) in [5.41, 5.74) is 0. The van der Waals surface area contributed by atoms with Gasteiger partial charge in [0, 0.05) is 126 Å². The van der Waals surface area contributed by atoms with Crippen molar-refractivity contribution in [1.82, 2.24) is 0 Å². The average Bonchev–Trinajstić information content (AvgIpc) is 0.811. The molecule has 1 unspecified atom stereocenters. The monoisotopic (exact) mass is 1180 g/mol. The molecule has 0 fully saturated rings. The van der Waals surface area contributed by atoms with Gasteiger partial charge in [-0.1, -0.05) is 11.1 Å². The molecular weight excluding hydrogens is 1180 g/mol. The molecule has 0 aliphatic heterocycles. The minimum absolute atomic E-state index is 0. The van der Waals surface area contributed by atoms with Crippen LogP contribution in [0, 0.1) is 0 Å². The normalized spacial score (nSPS) is 6.20. The summed E-state index contributed by atoms with van der Waals surface area (Å²) in [4.78, 5) is 0. The summed E-state index contributed by atoms with van der Waals surface area (Å²) in [7, 11) is 0. The van der Waals surface area contributed by atoms with Crippen molar-refractivity contribution in [2.24, 2.45) is 0 Å². The Balaban J connectivity index is -0.00000000300. The van der Waals surface area contributed by atoms with E-state index in [1.54, 1.807) is 0 Å². The molecule has 0 rings (SSSR count). The molecule has 0 radical (unpaired) electrons. The first-order valence-corrected chi connectivity index (χ1v) is 2.22. The molecular formula is CH3O2SW6-. The van der Waals surface area contributed by atoms with Crippen LogP contribution in [-0.2, 0) is 137 Å². The van der Waals surface area contributed by atoms with Gasteiger partial charge in [0.25, 0.3) is 0 Å². The third kappa shape index (κ3) is 86.0. The fourth-order valence-electron chi connectivity index (χ4n) is 0. The van der Waals surface area contributed by atoms with Crippen LogP contribution < -0.4 is 0 Å². The molecule has 0 aromatic heterocycles. The fourth-order valence-corrected chi connectivity index (χ4v) is 0. The van der Waals surface area contributed by atoms with E-state index >= 15 is 0 Å². The average molecular weight is 1180 g/mol. The summed E-state index contributed by atoms with van der Waals surface area (Å²) in [6.45, 7) is 0. The molecule has 0 spiro atoms. The van der Waals surface area contributed by atoms with Crippen molar-refractivity contribution >= 4 is 11.1 Å². The van der Waals surface area contributed by atoms with Crippen LogP contribution in [0.3, 0.4) is 0 Å². The van der Waals surface area contributed by atoms with Crippen molar-refractivity contribution in [3.05, 3.63) is 0 Å². The van der Waals surface area contributed by atoms with Crippen LogP contribution in [0.2, 0.25) is 0 Å². The maximum absolute atomic E-state index is 9.00. The van der Waals surface area contributed by atoms with Gasteiger partial charge in [0.05, 0.1) is 0 Å². The second kappa shape index (κ2) is 37.8. The van der Waals surface area contributed by atoms with Gasteiger partial charge in [-0.15, -0.1) is 0 Å². The minimum atomic E-state index is -1.86. The third-order valence-corrected chi connectivity index (χ3v) is 0. The topological polar surface area (TPSA) is 40.1 Å². The van der Waals surface area contributed by atoms with Crippen molar-refractivity contribution < 1.29 is 135 Å². The first-order chi connectivity index (χ1) is 1.73. The van der Waals surface area contributed by atoms with Crippen LogP contribution in [0.25, 0.3) is 0 Å². The molecule has 0 saturated heterocycles. The number of hydrogen-bond donors (Lipinski definition) is 0. The van der Waals surface area contributed by atoms with Gasteiger partial charge in [-0.3, -0.25) is 4.21 Å². The Morgan fingerprint density at radius 1 is 0.900 bits per heavy atom. The van der Waals surface area contributed by atoms with Crippen LogP contribution in [-0.4, -0.2) is 15.0 Å². The van der Waals surface area contributed by atoms with Crippen molar-refractivity contribution in [3.8, 4) is 0 Å². The van der Waals surface area contributed by atoms with Crippen LogP contribution in [0.5, 0.6) is 0 Å². The summed E-state index contributed by atoms with van der Waals surface area (Å²) >= 11 is -1.86. The van der Waals surface area contributed by atoms with E-state index in [1.165, 1.54) is 0 Å². The van der Waals surface area contributed by atoms with E-state index in [4.69, 9.17) is 8.76 Å². The molecule has 10 heavy (non-hydrogen) atoms. The van der Waals surface area contributed by atoms with E-state index in [-0.39, 0.29) is 126 Å². The molecule has 0 aliphatic rings. The predicted molar refractivity (Wildman–Crippen MR) is 14.8 cm³/mol. The van der Waals surface area contributed by atoms with Gasteiger partial charge in [0.15, 0.2) is 0 Å². The standard InChI is InChI=1S/CH4O2S.6W/c1-4(2)3;;;;;;/h1H3,(H,2,3);;;;;;/p-1. The SMILES string of the molecule is CS(=O)[O-].[W].[W].[W].[W].[W].[W]. The Morgan fingerprint density at radius 3 is 0.900 bits per heavy atom.